The van der Waals surface area contributed by atoms with E-state index >= 15 is 0 Å². The Morgan fingerprint density at radius 2 is 1.45 bits per heavy atom. The average Bonchev–Trinajstić information content (AvgIpc) is 2.62. The van der Waals surface area contributed by atoms with Gasteiger partial charge in [-0.2, -0.15) is 0 Å². The average molecular weight is 465 g/mol. The van der Waals surface area contributed by atoms with Crippen molar-refractivity contribution in [2.45, 2.75) is 77.6 Å². The maximum Gasteiger partial charge on any atom is 0.317 e. The number of rotatable bonds is 5. The lowest BCUT2D eigenvalue weighted by molar-refractivity contribution is -0.182. The van der Waals surface area contributed by atoms with E-state index in [4.69, 9.17) is 18.9 Å². The van der Waals surface area contributed by atoms with Gasteiger partial charge in [0.2, 0.25) is 0 Å². The Kier molecular flexibility index (Phi) is 7.53. The van der Waals surface area contributed by atoms with Crippen LogP contribution in [0.1, 0.15) is 66.4 Å². The van der Waals surface area contributed by atoms with Crippen LogP contribution in [0, 0.1) is 11.8 Å². The van der Waals surface area contributed by atoms with E-state index in [2.05, 4.69) is 0 Å². The fourth-order valence-electron chi connectivity index (χ4n) is 4.21. The number of carbonyl (C=O) groups is 3. The third kappa shape index (κ3) is 6.25. The van der Waals surface area contributed by atoms with E-state index < -0.39 is 52.3 Å². The van der Waals surface area contributed by atoms with Crippen molar-refractivity contribution >= 4 is 17.7 Å². The summed E-state index contributed by atoms with van der Waals surface area (Å²) in [6.07, 6.45) is -0.384. The van der Waals surface area contributed by atoms with Gasteiger partial charge in [-0.3, -0.25) is 14.4 Å². The summed E-state index contributed by atoms with van der Waals surface area (Å²) in [6.45, 7) is 11.7. The molecular formula is C25H36O8. The number of ketones is 1. The normalized spacial score (nSPS) is 25.9. The minimum absolute atomic E-state index is 0.360. The van der Waals surface area contributed by atoms with Crippen LogP contribution in [0.25, 0.3) is 0 Å². The highest BCUT2D eigenvalue weighted by Gasteiger charge is 2.58. The Labute approximate surface area is 195 Å². The van der Waals surface area contributed by atoms with Gasteiger partial charge in [-0.05, 0) is 66.2 Å². The second kappa shape index (κ2) is 9.33. The van der Waals surface area contributed by atoms with Crippen LogP contribution in [0.4, 0.5) is 0 Å². The van der Waals surface area contributed by atoms with Gasteiger partial charge in [0.15, 0.2) is 17.3 Å². The van der Waals surface area contributed by atoms with Crippen molar-refractivity contribution < 1.29 is 38.4 Å². The summed E-state index contributed by atoms with van der Waals surface area (Å²) in [5.41, 5.74) is -2.97. The number of ether oxygens (including phenoxy) is 4. The molecule has 0 heterocycles. The van der Waals surface area contributed by atoms with Gasteiger partial charge >= 0.3 is 11.9 Å². The van der Waals surface area contributed by atoms with E-state index in [1.165, 1.54) is 21.1 Å². The summed E-state index contributed by atoms with van der Waals surface area (Å²) in [5.74, 6) is -4.70. The largest absolute Gasteiger partial charge is 0.493 e. The van der Waals surface area contributed by atoms with E-state index in [1.807, 2.05) is 0 Å². The molecule has 1 aliphatic rings. The first-order chi connectivity index (χ1) is 15.0. The SMILES string of the molecule is COc1ccc([C@H]2[C@@H](C(=O)OC(C)(C)C)C(=O)C[C@@](C)(O)[C@@H]2C(=O)OC(C)(C)C)cc1OC. The Morgan fingerprint density at radius 3 is 1.94 bits per heavy atom. The third-order valence-corrected chi connectivity index (χ3v) is 5.38. The first kappa shape index (κ1) is 26.6. The molecule has 0 spiro atoms. The highest BCUT2D eigenvalue weighted by Crippen LogP contribution is 2.48. The molecule has 184 valence electrons. The first-order valence-corrected chi connectivity index (χ1v) is 10.9. The van der Waals surface area contributed by atoms with E-state index in [0.717, 1.165) is 0 Å². The van der Waals surface area contributed by atoms with Crippen LogP contribution in [0.5, 0.6) is 11.5 Å². The van der Waals surface area contributed by atoms with Crippen molar-refractivity contribution in [1.29, 1.82) is 0 Å². The number of esters is 2. The molecule has 1 fully saturated rings. The highest BCUT2D eigenvalue weighted by atomic mass is 16.6. The molecule has 0 amide bonds. The monoisotopic (exact) mass is 464 g/mol. The molecule has 1 saturated carbocycles. The van der Waals surface area contributed by atoms with Crippen molar-refractivity contribution in [3.05, 3.63) is 23.8 Å². The zero-order valence-electron chi connectivity index (χ0n) is 21.0. The quantitative estimate of drug-likeness (QED) is 0.522. The summed E-state index contributed by atoms with van der Waals surface area (Å²) in [6, 6.07) is 4.88. The molecule has 2 rings (SSSR count). The van der Waals surface area contributed by atoms with Crippen LogP contribution < -0.4 is 9.47 Å². The van der Waals surface area contributed by atoms with Crippen molar-refractivity contribution in [2.24, 2.45) is 11.8 Å². The van der Waals surface area contributed by atoms with E-state index in [-0.39, 0.29) is 6.42 Å². The van der Waals surface area contributed by atoms with E-state index in [9.17, 15) is 19.5 Å². The van der Waals surface area contributed by atoms with Crippen molar-refractivity contribution in [3.63, 3.8) is 0 Å². The third-order valence-electron chi connectivity index (χ3n) is 5.38. The number of hydrogen-bond acceptors (Lipinski definition) is 8. The Balaban J connectivity index is 2.72. The van der Waals surface area contributed by atoms with Gasteiger partial charge in [0.05, 0.1) is 25.7 Å². The lowest BCUT2D eigenvalue weighted by Gasteiger charge is -2.44. The van der Waals surface area contributed by atoms with Crippen LogP contribution in [0.15, 0.2) is 18.2 Å². The van der Waals surface area contributed by atoms with Crippen molar-refractivity contribution in [2.75, 3.05) is 14.2 Å². The maximum atomic E-state index is 13.3. The van der Waals surface area contributed by atoms with E-state index in [0.29, 0.717) is 17.1 Å². The zero-order chi connectivity index (χ0) is 25.4. The maximum absolute atomic E-state index is 13.3. The van der Waals surface area contributed by atoms with Gasteiger partial charge in [-0.1, -0.05) is 6.07 Å². The molecule has 1 aromatic rings. The minimum atomic E-state index is -1.74. The van der Waals surface area contributed by atoms with Crippen molar-refractivity contribution in [1.82, 2.24) is 0 Å². The minimum Gasteiger partial charge on any atom is -0.493 e. The molecule has 0 aliphatic heterocycles. The molecule has 0 saturated heterocycles. The molecule has 8 heteroatoms. The standard InChI is InChI=1S/C25H36O8/c1-23(2,3)32-21(27)19-15(26)13-25(7,29)20(22(28)33-24(4,5)6)18(19)14-10-11-16(30-8)17(12-14)31-9/h10-12,18-20,29H,13H2,1-9H3/t18-,19-,20-,25+/m0/s1. The summed E-state index contributed by atoms with van der Waals surface area (Å²) in [7, 11) is 2.94. The molecule has 4 atom stereocenters. The Hall–Kier alpha value is -2.61. The van der Waals surface area contributed by atoms with Crippen LogP contribution >= 0.6 is 0 Å². The van der Waals surface area contributed by atoms with Gasteiger partial charge in [0.25, 0.3) is 0 Å². The zero-order valence-corrected chi connectivity index (χ0v) is 21.0. The van der Waals surface area contributed by atoms with Gasteiger partial charge < -0.3 is 24.1 Å². The Morgan fingerprint density at radius 1 is 0.939 bits per heavy atom. The van der Waals surface area contributed by atoms with Gasteiger partial charge in [-0.15, -0.1) is 0 Å². The lowest BCUT2D eigenvalue weighted by Crippen LogP contribution is -2.56. The summed E-state index contributed by atoms with van der Waals surface area (Å²) in [4.78, 5) is 39.7. The smallest absolute Gasteiger partial charge is 0.317 e. The second-order valence-electron chi connectivity index (χ2n) is 10.7. The second-order valence-corrected chi connectivity index (χ2v) is 10.7. The number of hydrogen-bond donors (Lipinski definition) is 1. The van der Waals surface area contributed by atoms with Crippen LogP contribution in [-0.2, 0) is 23.9 Å². The number of benzene rings is 1. The summed E-state index contributed by atoms with van der Waals surface area (Å²) in [5, 5.41) is 11.2. The lowest BCUT2D eigenvalue weighted by atomic mass is 9.61. The van der Waals surface area contributed by atoms with Crippen LogP contribution in [0.3, 0.4) is 0 Å². The van der Waals surface area contributed by atoms with Crippen LogP contribution in [0.2, 0.25) is 0 Å². The molecule has 1 N–H and O–H groups in total. The highest BCUT2D eigenvalue weighted by molar-refractivity contribution is 6.03. The molecule has 33 heavy (non-hydrogen) atoms. The number of Topliss-reactive ketones (excluding diaryl/α,β-unsaturated/α-hetero) is 1. The predicted octanol–water partition coefficient (Wildman–Crippen LogP) is 3.43. The number of methoxy groups -OCH3 is 2. The van der Waals surface area contributed by atoms with Crippen LogP contribution in [-0.4, -0.2) is 53.9 Å². The van der Waals surface area contributed by atoms with Gasteiger partial charge in [-0.25, -0.2) is 0 Å². The predicted molar refractivity (Wildman–Crippen MR) is 121 cm³/mol. The molecule has 8 nitrogen and oxygen atoms in total. The molecule has 0 radical (unpaired) electrons. The van der Waals surface area contributed by atoms with Gasteiger partial charge in [0, 0.05) is 12.3 Å². The summed E-state index contributed by atoms with van der Waals surface area (Å²) >= 11 is 0. The van der Waals surface area contributed by atoms with E-state index in [1.54, 1.807) is 59.7 Å². The molecule has 0 unspecified atom stereocenters. The van der Waals surface area contributed by atoms with Gasteiger partial charge in [0.1, 0.15) is 17.1 Å². The molecule has 1 aliphatic carbocycles. The molecule has 1 aromatic carbocycles. The number of carbonyl (C=O) groups excluding carboxylic acids is 3. The molecule has 0 aromatic heterocycles. The first-order valence-electron chi connectivity index (χ1n) is 10.9. The van der Waals surface area contributed by atoms with Crippen molar-refractivity contribution in [3.8, 4) is 11.5 Å². The molecular weight excluding hydrogens is 428 g/mol. The summed E-state index contributed by atoms with van der Waals surface area (Å²) < 4.78 is 21.9. The fourth-order valence-corrected chi connectivity index (χ4v) is 4.21. The topological polar surface area (TPSA) is 108 Å². The molecule has 0 bridgehead atoms. The fraction of sp³-hybridized carbons (Fsp3) is 0.640. The number of aliphatic hydroxyl groups is 1. The Bertz CT molecular complexity index is 904.